The molecule has 1 aromatic carbocycles. The quantitative estimate of drug-likeness (QED) is 0.925. The van der Waals surface area contributed by atoms with Crippen molar-refractivity contribution >= 4 is 6.08 Å². The van der Waals surface area contributed by atoms with Crippen molar-refractivity contribution in [3.8, 4) is 17.2 Å². The van der Waals surface area contributed by atoms with Crippen LogP contribution >= 0.6 is 0 Å². The van der Waals surface area contributed by atoms with Crippen LogP contribution in [-0.2, 0) is 0 Å². The molecule has 2 N–H and O–H groups in total. The second-order valence-corrected chi connectivity index (χ2v) is 6.20. The van der Waals surface area contributed by atoms with Crippen molar-refractivity contribution in [1.29, 1.82) is 0 Å². The lowest BCUT2D eigenvalue weighted by Gasteiger charge is -2.42. The summed E-state index contributed by atoms with van der Waals surface area (Å²) in [6.45, 7) is 4.21. The zero-order valence-corrected chi connectivity index (χ0v) is 12.7. The zero-order chi connectivity index (χ0) is 15.0. The van der Waals surface area contributed by atoms with Crippen LogP contribution in [0.1, 0.15) is 24.8 Å². The molecule has 5 nitrogen and oxygen atoms in total. The minimum Gasteiger partial charge on any atom is -0.478 e. The molecule has 3 heterocycles. The molecule has 3 aliphatic rings. The molecule has 0 atom stereocenters. The summed E-state index contributed by atoms with van der Waals surface area (Å²) in [7, 11) is 0. The second kappa shape index (κ2) is 5.48. The highest BCUT2D eigenvalue weighted by Gasteiger charge is 2.38. The van der Waals surface area contributed by atoms with Crippen molar-refractivity contribution < 1.29 is 14.2 Å². The lowest BCUT2D eigenvalue weighted by Crippen LogP contribution is -2.48. The Kier molecular flexibility index (Phi) is 3.47. The molecular formula is C17H22N2O3. The summed E-state index contributed by atoms with van der Waals surface area (Å²) in [4.78, 5) is 2.47. The summed E-state index contributed by atoms with van der Waals surface area (Å²) in [5.41, 5.74) is 6.47. The van der Waals surface area contributed by atoms with Crippen LogP contribution < -0.4 is 19.9 Å². The lowest BCUT2D eigenvalue weighted by molar-refractivity contribution is 0.0360. The van der Waals surface area contributed by atoms with Gasteiger partial charge in [-0.25, -0.2) is 0 Å². The van der Waals surface area contributed by atoms with Gasteiger partial charge in [0, 0.05) is 31.5 Å². The van der Waals surface area contributed by atoms with Gasteiger partial charge in [0.1, 0.15) is 5.60 Å². The minimum absolute atomic E-state index is 0.201. The van der Waals surface area contributed by atoms with E-state index >= 15 is 0 Å². The van der Waals surface area contributed by atoms with Crippen LogP contribution in [0.15, 0.2) is 18.2 Å². The fourth-order valence-electron chi connectivity index (χ4n) is 3.42. The summed E-state index contributed by atoms with van der Waals surface area (Å²) in [6.07, 6.45) is 7.44. The van der Waals surface area contributed by atoms with Gasteiger partial charge in [0.25, 0.3) is 0 Å². The van der Waals surface area contributed by atoms with Gasteiger partial charge in [-0.15, -0.1) is 0 Å². The summed E-state index contributed by atoms with van der Waals surface area (Å²) >= 11 is 0. The van der Waals surface area contributed by atoms with Gasteiger partial charge in [-0.1, -0.05) is 6.08 Å². The molecule has 0 saturated carbocycles. The number of hydrogen-bond acceptors (Lipinski definition) is 5. The van der Waals surface area contributed by atoms with Gasteiger partial charge in [0.2, 0.25) is 12.5 Å². The Bertz CT molecular complexity index is 592. The normalized spacial score (nSPS) is 21.7. The van der Waals surface area contributed by atoms with Crippen molar-refractivity contribution in [1.82, 2.24) is 4.90 Å². The van der Waals surface area contributed by atoms with Gasteiger partial charge < -0.3 is 24.8 Å². The molecule has 5 heteroatoms. The van der Waals surface area contributed by atoms with Crippen LogP contribution in [0.3, 0.4) is 0 Å². The maximum absolute atomic E-state index is 6.41. The molecular weight excluding hydrogens is 280 g/mol. The van der Waals surface area contributed by atoms with E-state index < -0.39 is 0 Å². The first-order chi connectivity index (χ1) is 10.8. The largest absolute Gasteiger partial charge is 0.478 e. The van der Waals surface area contributed by atoms with Crippen molar-refractivity contribution in [2.45, 2.75) is 24.9 Å². The van der Waals surface area contributed by atoms with Crippen LogP contribution in [0.4, 0.5) is 0 Å². The third kappa shape index (κ3) is 2.34. The van der Waals surface area contributed by atoms with Crippen LogP contribution in [-0.4, -0.2) is 43.5 Å². The SMILES string of the molecule is NCCCN1CCC2(C=Cc3ccc4c(c3O2)OCO4)CC1. The number of rotatable bonds is 3. The Morgan fingerprint density at radius 1 is 1.14 bits per heavy atom. The smallest absolute Gasteiger partial charge is 0.231 e. The third-order valence-corrected chi connectivity index (χ3v) is 4.78. The van der Waals surface area contributed by atoms with Gasteiger partial charge in [0.05, 0.1) is 0 Å². The Balaban J connectivity index is 1.52. The number of hydrogen-bond donors (Lipinski definition) is 1. The van der Waals surface area contributed by atoms with E-state index in [1.165, 1.54) is 0 Å². The molecule has 0 amide bonds. The number of likely N-dealkylation sites (tertiary alicyclic amines) is 1. The van der Waals surface area contributed by atoms with E-state index in [1.807, 2.05) is 12.1 Å². The van der Waals surface area contributed by atoms with E-state index in [9.17, 15) is 0 Å². The van der Waals surface area contributed by atoms with Crippen LogP contribution in [0.25, 0.3) is 6.08 Å². The third-order valence-electron chi connectivity index (χ3n) is 4.78. The van der Waals surface area contributed by atoms with Crippen molar-refractivity contribution in [2.24, 2.45) is 5.73 Å². The molecule has 0 radical (unpaired) electrons. The first-order valence-electron chi connectivity index (χ1n) is 8.03. The fourth-order valence-corrected chi connectivity index (χ4v) is 3.42. The average Bonchev–Trinajstić information content (AvgIpc) is 3.04. The van der Waals surface area contributed by atoms with Gasteiger partial charge >= 0.3 is 0 Å². The van der Waals surface area contributed by atoms with Gasteiger partial charge in [-0.05, 0) is 37.7 Å². The number of piperidine rings is 1. The molecule has 1 fully saturated rings. The topological polar surface area (TPSA) is 57.0 Å². The highest BCUT2D eigenvalue weighted by molar-refractivity contribution is 5.69. The van der Waals surface area contributed by atoms with E-state index in [0.29, 0.717) is 0 Å². The first kappa shape index (κ1) is 13.9. The number of ether oxygens (including phenoxy) is 3. The molecule has 0 aromatic heterocycles. The molecule has 0 unspecified atom stereocenters. The lowest BCUT2D eigenvalue weighted by atomic mass is 9.88. The number of benzene rings is 1. The molecule has 1 saturated heterocycles. The van der Waals surface area contributed by atoms with E-state index in [-0.39, 0.29) is 12.4 Å². The molecule has 4 rings (SSSR count). The fraction of sp³-hybridized carbons (Fsp3) is 0.529. The highest BCUT2D eigenvalue weighted by atomic mass is 16.7. The molecule has 3 aliphatic heterocycles. The highest BCUT2D eigenvalue weighted by Crippen LogP contribution is 2.48. The molecule has 1 aromatic rings. The van der Waals surface area contributed by atoms with E-state index in [1.54, 1.807) is 0 Å². The maximum Gasteiger partial charge on any atom is 0.231 e. The standard InChI is InChI=1S/C17H22N2O3/c18-8-1-9-19-10-6-17(7-11-19)5-4-13-2-3-14-16(15(13)22-17)21-12-20-14/h2-5H,1,6-12,18H2. The van der Waals surface area contributed by atoms with Crippen molar-refractivity contribution in [3.63, 3.8) is 0 Å². The van der Waals surface area contributed by atoms with E-state index in [4.69, 9.17) is 19.9 Å². The molecule has 1 spiro atoms. The van der Waals surface area contributed by atoms with Gasteiger partial charge in [0.15, 0.2) is 11.5 Å². The molecule has 118 valence electrons. The Morgan fingerprint density at radius 3 is 2.82 bits per heavy atom. The average molecular weight is 302 g/mol. The predicted octanol–water partition coefficient (Wildman–Crippen LogP) is 2.00. The monoisotopic (exact) mass is 302 g/mol. The van der Waals surface area contributed by atoms with E-state index in [2.05, 4.69) is 17.1 Å². The second-order valence-electron chi connectivity index (χ2n) is 6.20. The van der Waals surface area contributed by atoms with Crippen LogP contribution in [0.2, 0.25) is 0 Å². The first-order valence-corrected chi connectivity index (χ1v) is 8.03. The minimum atomic E-state index is -0.201. The van der Waals surface area contributed by atoms with Crippen molar-refractivity contribution in [3.05, 3.63) is 23.8 Å². The summed E-state index contributed by atoms with van der Waals surface area (Å²) in [5, 5.41) is 0. The number of fused-ring (bicyclic) bond motifs is 3. The molecule has 0 bridgehead atoms. The Morgan fingerprint density at radius 2 is 2.00 bits per heavy atom. The summed E-state index contributed by atoms with van der Waals surface area (Å²) in [6, 6.07) is 3.98. The molecule has 0 aliphatic carbocycles. The van der Waals surface area contributed by atoms with Gasteiger partial charge in [-0.2, -0.15) is 0 Å². The Labute approximate surface area is 130 Å². The van der Waals surface area contributed by atoms with Crippen molar-refractivity contribution in [2.75, 3.05) is 33.0 Å². The molecule has 22 heavy (non-hydrogen) atoms. The van der Waals surface area contributed by atoms with Gasteiger partial charge in [-0.3, -0.25) is 0 Å². The number of nitrogens with two attached hydrogens (primary N) is 1. The maximum atomic E-state index is 6.41. The van der Waals surface area contributed by atoms with Crippen LogP contribution in [0, 0.1) is 0 Å². The van der Waals surface area contributed by atoms with Crippen LogP contribution in [0.5, 0.6) is 17.2 Å². The van der Waals surface area contributed by atoms with E-state index in [0.717, 1.165) is 68.3 Å². The zero-order valence-electron chi connectivity index (χ0n) is 12.7. The predicted molar refractivity (Wildman–Crippen MR) is 84.3 cm³/mol. The summed E-state index contributed by atoms with van der Waals surface area (Å²) < 4.78 is 17.5. The number of nitrogens with zero attached hydrogens (tertiary/aromatic N) is 1. The Hall–Kier alpha value is -1.72. The summed E-state index contributed by atoms with van der Waals surface area (Å²) in [5.74, 6) is 2.38.